The maximum absolute atomic E-state index is 11.4. The van der Waals surface area contributed by atoms with Gasteiger partial charge >= 0.3 is 0 Å². The Morgan fingerprint density at radius 3 is 2.94 bits per heavy atom. The molecule has 0 bridgehead atoms. The first-order valence-electron chi connectivity index (χ1n) is 5.00. The number of anilines is 1. The van der Waals surface area contributed by atoms with Gasteiger partial charge in [0, 0.05) is 6.07 Å². The van der Waals surface area contributed by atoms with Gasteiger partial charge < -0.3 is 21.0 Å². The second kappa shape index (κ2) is 6.31. The first kappa shape index (κ1) is 12.8. The number of rotatable bonds is 5. The summed E-state index contributed by atoms with van der Waals surface area (Å²) in [6, 6.07) is 3.30. The lowest BCUT2D eigenvalue weighted by Gasteiger charge is -2.05. The molecule has 0 aromatic carbocycles. The quantitative estimate of drug-likeness (QED) is 0.300. The van der Waals surface area contributed by atoms with Gasteiger partial charge in [0.1, 0.15) is 5.84 Å². The van der Waals surface area contributed by atoms with Crippen LogP contribution in [0.3, 0.4) is 0 Å². The average molecular weight is 238 g/mol. The number of nitrogens with one attached hydrogen (secondary N) is 1. The molecule has 0 saturated carbocycles. The molecule has 4 N–H and O–H groups in total. The van der Waals surface area contributed by atoms with Crippen molar-refractivity contribution in [3.8, 4) is 5.88 Å². The number of nitrogens with two attached hydrogens (primary N) is 1. The highest BCUT2D eigenvalue weighted by Gasteiger charge is 2.05. The third-order valence-electron chi connectivity index (χ3n) is 1.78. The summed E-state index contributed by atoms with van der Waals surface area (Å²) >= 11 is 0. The number of aromatic nitrogens is 1. The van der Waals surface area contributed by atoms with E-state index < -0.39 is 0 Å². The zero-order valence-corrected chi connectivity index (χ0v) is 9.38. The number of amidine groups is 1. The van der Waals surface area contributed by atoms with E-state index in [1.807, 2.05) is 6.92 Å². The van der Waals surface area contributed by atoms with Crippen LogP contribution >= 0.6 is 0 Å². The molecule has 1 amide bonds. The van der Waals surface area contributed by atoms with Crippen LogP contribution in [0.15, 0.2) is 23.5 Å². The largest absolute Gasteiger partial charge is 0.478 e. The van der Waals surface area contributed by atoms with Crippen LogP contribution in [0.25, 0.3) is 0 Å². The molecule has 1 rings (SSSR count). The van der Waals surface area contributed by atoms with E-state index in [1.165, 1.54) is 6.20 Å². The van der Waals surface area contributed by atoms with Gasteiger partial charge in [-0.1, -0.05) is 5.16 Å². The number of oxime groups is 1. The lowest BCUT2D eigenvalue weighted by atomic mass is 10.3. The molecular formula is C10H14N4O3. The number of ether oxygens (including phenoxy) is 1. The van der Waals surface area contributed by atoms with Gasteiger partial charge in [0.05, 0.1) is 24.9 Å². The average Bonchev–Trinajstić information content (AvgIpc) is 2.31. The first-order chi connectivity index (χ1) is 8.15. The van der Waals surface area contributed by atoms with Crippen molar-refractivity contribution in [2.45, 2.75) is 13.3 Å². The van der Waals surface area contributed by atoms with Crippen LogP contribution < -0.4 is 15.8 Å². The van der Waals surface area contributed by atoms with E-state index in [-0.39, 0.29) is 18.2 Å². The number of hydrogen-bond acceptors (Lipinski definition) is 5. The van der Waals surface area contributed by atoms with E-state index in [0.29, 0.717) is 18.2 Å². The minimum absolute atomic E-state index is 0.151. The van der Waals surface area contributed by atoms with Crippen LogP contribution in [0, 0.1) is 0 Å². The second-order valence-electron chi connectivity index (χ2n) is 3.13. The Labute approximate surface area is 98.3 Å². The summed E-state index contributed by atoms with van der Waals surface area (Å²) in [6.45, 7) is 2.39. The van der Waals surface area contributed by atoms with Crippen LogP contribution in [0.2, 0.25) is 0 Å². The molecule has 0 fully saturated rings. The SMILES string of the molecule is CCOc1ccc(NC(=O)CC(N)=NO)cn1. The molecule has 0 radical (unpaired) electrons. The molecule has 0 aliphatic carbocycles. The Hall–Kier alpha value is -2.31. The van der Waals surface area contributed by atoms with Crippen LogP contribution in [0.4, 0.5) is 5.69 Å². The molecule has 0 unspecified atom stereocenters. The number of carbonyl (C=O) groups excluding carboxylic acids is 1. The minimum atomic E-state index is -0.383. The molecule has 0 aliphatic heterocycles. The van der Waals surface area contributed by atoms with Crippen LogP contribution in [-0.4, -0.2) is 28.5 Å². The summed E-state index contributed by atoms with van der Waals surface area (Å²) in [4.78, 5) is 15.3. The Kier molecular flexibility index (Phi) is 4.74. The highest BCUT2D eigenvalue weighted by Crippen LogP contribution is 2.11. The number of pyridine rings is 1. The van der Waals surface area contributed by atoms with Crippen molar-refractivity contribution in [3.63, 3.8) is 0 Å². The van der Waals surface area contributed by atoms with Crippen molar-refractivity contribution in [2.24, 2.45) is 10.9 Å². The zero-order valence-electron chi connectivity index (χ0n) is 9.38. The molecule has 0 atom stereocenters. The summed E-state index contributed by atoms with van der Waals surface area (Å²) < 4.78 is 5.15. The Balaban J connectivity index is 2.54. The lowest BCUT2D eigenvalue weighted by Crippen LogP contribution is -2.22. The Morgan fingerprint density at radius 2 is 2.41 bits per heavy atom. The van der Waals surface area contributed by atoms with Crippen LogP contribution in [0.5, 0.6) is 5.88 Å². The topological polar surface area (TPSA) is 110 Å². The van der Waals surface area contributed by atoms with Crippen molar-refractivity contribution in [3.05, 3.63) is 18.3 Å². The summed E-state index contributed by atoms with van der Waals surface area (Å²) in [5.41, 5.74) is 5.71. The summed E-state index contributed by atoms with van der Waals surface area (Å²) in [6.07, 6.45) is 1.29. The number of amides is 1. The first-order valence-corrected chi connectivity index (χ1v) is 5.00. The van der Waals surface area contributed by atoms with Crippen molar-refractivity contribution in [1.82, 2.24) is 4.98 Å². The van der Waals surface area contributed by atoms with Gasteiger partial charge in [-0.3, -0.25) is 4.79 Å². The predicted octanol–water partition coefficient (Wildman–Crippen LogP) is 0.555. The smallest absolute Gasteiger partial charge is 0.232 e. The monoisotopic (exact) mass is 238 g/mol. The molecule has 0 saturated heterocycles. The fourth-order valence-corrected chi connectivity index (χ4v) is 1.09. The molecule has 0 spiro atoms. The molecule has 0 aliphatic rings. The molecule has 1 aromatic heterocycles. The number of nitrogens with zero attached hydrogens (tertiary/aromatic N) is 2. The predicted molar refractivity (Wildman–Crippen MR) is 62.1 cm³/mol. The molecule has 1 heterocycles. The van der Waals surface area contributed by atoms with Crippen LogP contribution in [-0.2, 0) is 4.79 Å². The lowest BCUT2D eigenvalue weighted by molar-refractivity contribution is -0.115. The normalized spacial score (nSPS) is 11.0. The summed E-state index contributed by atoms with van der Waals surface area (Å²) in [5, 5.41) is 13.6. The van der Waals surface area contributed by atoms with Crippen LogP contribution in [0.1, 0.15) is 13.3 Å². The second-order valence-corrected chi connectivity index (χ2v) is 3.13. The van der Waals surface area contributed by atoms with Gasteiger partial charge in [-0.2, -0.15) is 0 Å². The molecule has 1 aromatic rings. The molecule has 7 heteroatoms. The fraction of sp³-hybridized carbons (Fsp3) is 0.300. The number of hydrogen-bond donors (Lipinski definition) is 3. The molecule has 92 valence electrons. The number of carbonyl (C=O) groups is 1. The van der Waals surface area contributed by atoms with Gasteiger partial charge in [0.25, 0.3) is 0 Å². The summed E-state index contributed by atoms with van der Waals surface area (Å²) in [5.74, 6) is -0.0467. The third kappa shape index (κ3) is 4.37. The van der Waals surface area contributed by atoms with Gasteiger partial charge in [0.15, 0.2) is 0 Å². The minimum Gasteiger partial charge on any atom is -0.478 e. The van der Waals surface area contributed by atoms with E-state index in [9.17, 15) is 4.79 Å². The fourth-order valence-electron chi connectivity index (χ4n) is 1.09. The van der Waals surface area contributed by atoms with Crippen molar-refractivity contribution in [2.75, 3.05) is 11.9 Å². The maximum Gasteiger partial charge on any atom is 0.232 e. The van der Waals surface area contributed by atoms with Crippen molar-refractivity contribution in [1.29, 1.82) is 0 Å². The van der Waals surface area contributed by atoms with E-state index in [1.54, 1.807) is 12.1 Å². The Bertz CT molecular complexity index is 403. The highest BCUT2D eigenvalue weighted by atomic mass is 16.5. The molecule has 17 heavy (non-hydrogen) atoms. The van der Waals surface area contributed by atoms with Crippen molar-refractivity contribution >= 4 is 17.4 Å². The standard InChI is InChI=1S/C10H14N4O3/c1-2-17-10-4-3-7(6-12-10)13-9(15)5-8(11)14-16/h3-4,6,16H,2,5H2,1H3,(H2,11,14)(H,13,15). The highest BCUT2D eigenvalue weighted by molar-refractivity contribution is 6.04. The van der Waals surface area contributed by atoms with E-state index in [4.69, 9.17) is 15.7 Å². The van der Waals surface area contributed by atoms with Gasteiger partial charge in [-0.15, -0.1) is 0 Å². The molecule has 7 nitrogen and oxygen atoms in total. The third-order valence-corrected chi connectivity index (χ3v) is 1.78. The maximum atomic E-state index is 11.4. The van der Waals surface area contributed by atoms with Gasteiger partial charge in [0.2, 0.25) is 11.8 Å². The van der Waals surface area contributed by atoms with E-state index in [2.05, 4.69) is 15.5 Å². The van der Waals surface area contributed by atoms with E-state index in [0.717, 1.165) is 0 Å². The van der Waals surface area contributed by atoms with E-state index >= 15 is 0 Å². The summed E-state index contributed by atoms with van der Waals surface area (Å²) in [7, 11) is 0. The van der Waals surface area contributed by atoms with Crippen molar-refractivity contribution < 1.29 is 14.7 Å². The van der Waals surface area contributed by atoms with Gasteiger partial charge in [-0.05, 0) is 13.0 Å². The van der Waals surface area contributed by atoms with Gasteiger partial charge in [-0.25, -0.2) is 4.98 Å². The Morgan fingerprint density at radius 1 is 1.65 bits per heavy atom. The zero-order chi connectivity index (χ0) is 12.7. The molecular weight excluding hydrogens is 224 g/mol.